The summed E-state index contributed by atoms with van der Waals surface area (Å²) in [5.41, 5.74) is 0.777. The van der Waals surface area contributed by atoms with Gasteiger partial charge in [0.15, 0.2) is 0 Å². The number of nitrogens with zero attached hydrogens (tertiary/aromatic N) is 1. The first-order valence-corrected chi connectivity index (χ1v) is 7.51. The first kappa shape index (κ1) is 15.9. The highest BCUT2D eigenvalue weighted by molar-refractivity contribution is 14.1. The van der Waals surface area contributed by atoms with Crippen molar-refractivity contribution in [2.75, 3.05) is 6.61 Å². The van der Waals surface area contributed by atoms with Crippen molar-refractivity contribution >= 4 is 22.6 Å². The zero-order valence-corrected chi connectivity index (χ0v) is 13.5. The van der Waals surface area contributed by atoms with Crippen molar-refractivity contribution in [2.24, 2.45) is 0 Å². The topological polar surface area (TPSA) is 31.2 Å². The summed E-state index contributed by atoms with van der Waals surface area (Å²) in [6.07, 6.45) is -2.58. The molecule has 2 rings (SSSR count). The van der Waals surface area contributed by atoms with Gasteiger partial charge in [-0.15, -0.1) is 0 Å². The third-order valence-corrected chi connectivity index (χ3v) is 3.73. The molecule has 2 aromatic rings. The summed E-state index contributed by atoms with van der Waals surface area (Å²) in [6.45, 7) is 1.82. The Morgan fingerprint density at radius 3 is 2.43 bits per heavy atom. The minimum atomic E-state index is -2.58. The standard InChI is InChI=1S/C15H14F2INO2/c1-2-21-11-5-3-10(4-6-11)13-8-7-12(18)15(20)19(13)9-14(16)17/h3-8,14H,2,9H2,1H3. The van der Waals surface area contributed by atoms with Crippen molar-refractivity contribution < 1.29 is 13.5 Å². The van der Waals surface area contributed by atoms with Crippen LogP contribution < -0.4 is 10.3 Å². The van der Waals surface area contributed by atoms with Gasteiger partial charge in [-0.2, -0.15) is 0 Å². The summed E-state index contributed by atoms with van der Waals surface area (Å²) in [4.78, 5) is 12.1. The second-order valence-corrected chi connectivity index (χ2v) is 5.49. The molecular formula is C15H14F2INO2. The number of pyridine rings is 1. The van der Waals surface area contributed by atoms with Crippen LogP contribution in [0.3, 0.4) is 0 Å². The van der Waals surface area contributed by atoms with Gasteiger partial charge in [-0.1, -0.05) is 0 Å². The lowest BCUT2D eigenvalue weighted by Gasteiger charge is -2.13. The van der Waals surface area contributed by atoms with Gasteiger partial charge in [-0.05, 0) is 71.5 Å². The maximum absolute atomic E-state index is 12.7. The van der Waals surface area contributed by atoms with Crippen LogP contribution in [0, 0.1) is 3.57 Å². The Kier molecular flexibility index (Phi) is 5.33. The van der Waals surface area contributed by atoms with Crippen molar-refractivity contribution in [1.29, 1.82) is 0 Å². The fraction of sp³-hybridized carbons (Fsp3) is 0.267. The predicted molar refractivity (Wildman–Crippen MR) is 86.0 cm³/mol. The van der Waals surface area contributed by atoms with E-state index in [-0.39, 0.29) is 0 Å². The van der Waals surface area contributed by atoms with Crippen molar-refractivity contribution in [3.8, 4) is 17.0 Å². The van der Waals surface area contributed by atoms with E-state index in [1.54, 1.807) is 36.4 Å². The third kappa shape index (κ3) is 3.81. The minimum absolute atomic E-state index is 0.401. The van der Waals surface area contributed by atoms with Gasteiger partial charge >= 0.3 is 0 Å². The van der Waals surface area contributed by atoms with Gasteiger partial charge in [0, 0.05) is 0 Å². The molecule has 3 nitrogen and oxygen atoms in total. The lowest BCUT2D eigenvalue weighted by Crippen LogP contribution is -2.26. The quantitative estimate of drug-likeness (QED) is 0.710. The number of halogens is 3. The van der Waals surface area contributed by atoms with Crippen LogP contribution in [-0.4, -0.2) is 17.6 Å². The van der Waals surface area contributed by atoms with Crippen LogP contribution in [0.2, 0.25) is 0 Å². The van der Waals surface area contributed by atoms with Crippen molar-refractivity contribution in [2.45, 2.75) is 19.9 Å². The normalized spacial score (nSPS) is 10.9. The largest absolute Gasteiger partial charge is 0.494 e. The van der Waals surface area contributed by atoms with Crippen molar-refractivity contribution in [3.63, 3.8) is 0 Å². The molecule has 0 N–H and O–H groups in total. The van der Waals surface area contributed by atoms with Crippen molar-refractivity contribution in [1.82, 2.24) is 4.57 Å². The molecule has 0 aliphatic carbocycles. The second-order valence-electron chi connectivity index (χ2n) is 4.33. The Hall–Kier alpha value is -1.44. The van der Waals surface area contributed by atoms with E-state index in [1.807, 2.05) is 29.5 Å². The van der Waals surface area contributed by atoms with Gasteiger partial charge in [0.1, 0.15) is 5.75 Å². The van der Waals surface area contributed by atoms with Crippen LogP contribution in [0.15, 0.2) is 41.2 Å². The fourth-order valence-corrected chi connectivity index (χ4v) is 2.48. The molecule has 6 heteroatoms. The summed E-state index contributed by atoms with van der Waals surface area (Å²) < 4.78 is 32.3. The van der Waals surface area contributed by atoms with E-state index in [1.165, 1.54) is 0 Å². The summed E-state index contributed by atoms with van der Waals surface area (Å²) in [5.74, 6) is 0.703. The highest BCUT2D eigenvalue weighted by Gasteiger charge is 2.13. The summed E-state index contributed by atoms with van der Waals surface area (Å²) >= 11 is 1.85. The smallest absolute Gasteiger partial charge is 0.264 e. The van der Waals surface area contributed by atoms with Crippen LogP contribution in [0.5, 0.6) is 5.75 Å². The maximum Gasteiger partial charge on any atom is 0.264 e. The van der Waals surface area contributed by atoms with Gasteiger partial charge in [0.25, 0.3) is 12.0 Å². The SMILES string of the molecule is CCOc1ccc(-c2ccc(I)c(=O)n2CC(F)F)cc1. The fourth-order valence-electron chi connectivity index (χ4n) is 2.01. The molecule has 0 saturated heterocycles. The Morgan fingerprint density at radius 1 is 1.19 bits per heavy atom. The van der Waals surface area contributed by atoms with E-state index in [4.69, 9.17) is 4.74 Å². The van der Waals surface area contributed by atoms with Crippen LogP contribution in [0.25, 0.3) is 11.3 Å². The minimum Gasteiger partial charge on any atom is -0.494 e. The number of hydrogen-bond acceptors (Lipinski definition) is 2. The number of rotatable bonds is 5. The number of aromatic nitrogens is 1. The molecule has 0 saturated carbocycles. The molecule has 1 aromatic heterocycles. The van der Waals surface area contributed by atoms with Gasteiger partial charge in [-0.25, -0.2) is 8.78 Å². The van der Waals surface area contributed by atoms with E-state index in [2.05, 4.69) is 0 Å². The van der Waals surface area contributed by atoms with Gasteiger partial charge in [-0.3, -0.25) is 4.79 Å². The van der Waals surface area contributed by atoms with Crippen LogP contribution >= 0.6 is 22.6 Å². The average molecular weight is 405 g/mol. The summed E-state index contributed by atoms with van der Waals surface area (Å²) in [7, 11) is 0. The highest BCUT2D eigenvalue weighted by Crippen LogP contribution is 2.22. The number of alkyl halides is 2. The number of benzene rings is 1. The summed E-state index contributed by atoms with van der Waals surface area (Å²) in [6, 6.07) is 10.4. The Labute approximate surface area is 134 Å². The maximum atomic E-state index is 12.7. The van der Waals surface area contributed by atoms with Crippen LogP contribution in [0.1, 0.15) is 6.92 Å². The zero-order chi connectivity index (χ0) is 15.4. The van der Waals surface area contributed by atoms with Gasteiger partial charge < -0.3 is 9.30 Å². The molecule has 0 spiro atoms. The van der Waals surface area contributed by atoms with E-state index in [9.17, 15) is 13.6 Å². The molecule has 1 aromatic carbocycles. The molecule has 0 atom stereocenters. The molecule has 112 valence electrons. The van der Waals surface area contributed by atoms with E-state index in [0.717, 1.165) is 4.57 Å². The van der Waals surface area contributed by atoms with Crippen molar-refractivity contribution in [3.05, 3.63) is 50.3 Å². The van der Waals surface area contributed by atoms with Crippen LogP contribution in [0.4, 0.5) is 8.78 Å². The molecule has 0 bridgehead atoms. The average Bonchev–Trinajstić information content (AvgIpc) is 2.45. The molecule has 0 unspecified atom stereocenters. The molecule has 0 aliphatic heterocycles. The van der Waals surface area contributed by atoms with Crippen LogP contribution in [-0.2, 0) is 6.54 Å². The molecular weight excluding hydrogens is 391 g/mol. The zero-order valence-electron chi connectivity index (χ0n) is 11.4. The van der Waals surface area contributed by atoms with E-state index >= 15 is 0 Å². The Morgan fingerprint density at radius 2 is 1.86 bits per heavy atom. The van der Waals surface area contributed by atoms with E-state index in [0.29, 0.717) is 27.2 Å². The number of hydrogen-bond donors (Lipinski definition) is 0. The molecule has 0 radical (unpaired) electrons. The molecule has 0 amide bonds. The number of ether oxygens (including phenoxy) is 1. The lowest BCUT2D eigenvalue weighted by atomic mass is 10.1. The Balaban J connectivity index is 2.47. The molecule has 0 aliphatic rings. The molecule has 0 fully saturated rings. The summed E-state index contributed by atoms with van der Waals surface area (Å²) in [5, 5.41) is 0. The predicted octanol–water partition coefficient (Wildman–Crippen LogP) is 3.78. The Bertz CT molecular complexity index is 668. The highest BCUT2D eigenvalue weighted by atomic mass is 127. The monoisotopic (exact) mass is 405 g/mol. The van der Waals surface area contributed by atoms with E-state index < -0.39 is 18.5 Å². The molecule has 1 heterocycles. The first-order valence-electron chi connectivity index (χ1n) is 6.43. The second kappa shape index (κ2) is 7.02. The molecule has 21 heavy (non-hydrogen) atoms. The van der Waals surface area contributed by atoms with Gasteiger partial charge in [0.05, 0.1) is 22.4 Å². The van der Waals surface area contributed by atoms with Gasteiger partial charge in [0.2, 0.25) is 0 Å². The first-order chi connectivity index (χ1) is 10.0. The third-order valence-electron chi connectivity index (χ3n) is 2.91. The lowest BCUT2D eigenvalue weighted by molar-refractivity contribution is 0.125.